The van der Waals surface area contributed by atoms with Gasteiger partial charge in [-0.1, -0.05) is 0 Å². The normalized spacial score (nSPS) is 14.9. The molecule has 1 saturated carbocycles. The van der Waals surface area contributed by atoms with Crippen molar-refractivity contribution in [2.75, 3.05) is 12.4 Å². The highest BCUT2D eigenvalue weighted by atomic mass is 16.6. The Bertz CT molecular complexity index is 711. The first-order chi connectivity index (χ1) is 10.4. The minimum absolute atomic E-state index is 0.498. The van der Waals surface area contributed by atoms with E-state index in [9.17, 15) is 4.79 Å². The molecule has 0 unspecified atom stereocenters. The first-order valence-electron chi connectivity index (χ1n) is 7.43. The van der Waals surface area contributed by atoms with Gasteiger partial charge in [0.1, 0.15) is 11.1 Å². The van der Waals surface area contributed by atoms with E-state index in [1.165, 1.54) is 18.4 Å². The molecule has 0 aromatic carbocycles. The molecule has 1 N–H and O–H groups in total. The first kappa shape index (κ1) is 14.7. The summed E-state index contributed by atoms with van der Waals surface area (Å²) in [7, 11) is 1.60. The van der Waals surface area contributed by atoms with Gasteiger partial charge < -0.3 is 9.47 Å². The predicted octanol–water partition coefficient (Wildman–Crippen LogP) is 3.57. The van der Waals surface area contributed by atoms with Gasteiger partial charge >= 0.3 is 6.09 Å². The molecule has 22 heavy (non-hydrogen) atoms. The van der Waals surface area contributed by atoms with Crippen molar-refractivity contribution in [2.24, 2.45) is 0 Å². The van der Waals surface area contributed by atoms with E-state index in [1.54, 1.807) is 17.7 Å². The highest BCUT2D eigenvalue weighted by molar-refractivity contribution is 5.90. The SMILES string of the molecule is COc1c(NC(=O)OC(C)(C)C)ccn2ncc(C3CC3)c12. The molecule has 0 spiro atoms. The molecule has 6 heteroatoms. The zero-order chi connectivity index (χ0) is 15.9. The summed E-state index contributed by atoms with van der Waals surface area (Å²) in [6, 6.07) is 1.76. The molecule has 3 rings (SSSR count). The van der Waals surface area contributed by atoms with Crippen LogP contribution in [0.2, 0.25) is 0 Å². The third-order valence-electron chi connectivity index (χ3n) is 3.52. The number of carbonyl (C=O) groups excluding carboxylic acids is 1. The van der Waals surface area contributed by atoms with E-state index < -0.39 is 11.7 Å². The number of nitrogens with one attached hydrogen (secondary N) is 1. The van der Waals surface area contributed by atoms with E-state index in [2.05, 4.69) is 10.4 Å². The van der Waals surface area contributed by atoms with Crippen LogP contribution in [0, 0.1) is 0 Å². The second kappa shape index (κ2) is 5.19. The summed E-state index contributed by atoms with van der Waals surface area (Å²) < 4.78 is 12.6. The third kappa shape index (κ3) is 2.86. The lowest BCUT2D eigenvalue weighted by molar-refractivity contribution is 0.0635. The van der Waals surface area contributed by atoms with Crippen molar-refractivity contribution in [3.63, 3.8) is 0 Å². The lowest BCUT2D eigenvalue weighted by Crippen LogP contribution is -2.27. The van der Waals surface area contributed by atoms with Gasteiger partial charge in [0.05, 0.1) is 19.0 Å². The fourth-order valence-corrected chi connectivity index (χ4v) is 2.48. The Morgan fingerprint density at radius 1 is 1.41 bits per heavy atom. The van der Waals surface area contributed by atoms with Crippen LogP contribution >= 0.6 is 0 Å². The van der Waals surface area contributed by atoms with Gasteiger partial charge in [-0.15, -0.1) is 0 Å². The molecule has 2 aromatic heterocycles. The largest absolute Gasteiger partial charge is 0.492 e. The number of pyridine rings is 1. The Morgan fingerprint density at radius 3 is 2.73 bits per heavy atom. The lowest BCUT2D eigenvalue weighted by atomic mass is 10.1. The molecule has 1 aliphatic carbocycles. The predicted molar refractivity (Wildman–Crippen MR) is 83.6 cm³/mol. The molecule has 0 saturated heterocycles. The molecule has 0 aliphatic heterocycles. The van der Waals surface area contributed by atoms with Crippen molar-refractivity contribution in [1.82, 2.24) is 9.61 Å². The fourth-order valence-electron chi connectivity index (χ4n) is 2.48. The number of carbonyl (C=O) groups is 1. The Hall–Kier alpha value is -2.24. The van der Waals surface area contributed by atoms with Crippen LogP contribution in [0.1, 0.15) is 45.1 Å². The number of amides is 1. The third-order valence-corrected chi connectivity index (χ3v) is 3.52. The molecular formula is C16H21N3O3. The quantitative estimate of drug-likeness (QED) is 0.941. The second-order valence-corrected chi connectivity index (χ2v) is 6.56. The average Bonchev–Trinajstić information content (AvgIpc) is 3.16. The maximum atomic E-state index is 12.0. The number of rotatable bonds is 3. The van der Waals surface area contributed by atoms with Crippen LogP contribution in [-0.4, -0.2) is 28.4 Å². The maximum Gasteiger partial charge on any atom is 0.412 e. The van der Waals surface area contributed by atoms with E-state index >= 15 is 0 Å². The highest BCUT2D eigenvalue weighted by Gasteiger charge is 2.29. The molecule has 0 radical (unpaired) electrons. The average molecular weight is 303 g/mol. The number of ether oxygens (including phenoxy) is 2. The Morgan fingerprint density at radius 2 is 2.14 bits per heavy atom. The molecule has 1 fully saturated rings. The number of nitrogens with zero attached hydrogens (tertiary/aromatic N) is 2. The molecule has 6 nitrogen and oxygen atoms in total. The number of hydrogen-bond donors (Lipinski definition) is 1. The maximum absolute atomic E-state index is 12.0. The van der Waals surface area contributed by atoms with Crippen LogP contribution in [0.25, 0.3) is 5.52 Å². The zero-order valence-electron chi connectivity index (χ0n) is 13.3. The van der Waals surface area contributed by atoms with Crippen molar-refractivity contribution >= 4 is 17.3 Å². The van der Waals surface area contributed by atoms with E-state index in [0.29, 0.717) is 17.4 Å². The molecule has 0 bridgehead atoms. The zero-order valence-corrected chi connectivity index (χ0v) is 13.3. The molecule has 118 valence electrons. The summed E-state index contributed by atoms with van der Waals surface area (Å²) in [6.07, 6.45) is 5.55. The highest BCUT2D eigenvalue weighted by Crippen LogP contribution is 2.45. The lowest BCUT2D eigenvalue weighted by Gasteiger charge is -2.20. The number of fused-ring (bicyclic) bond motifs is 1. The minimum Gasteiger partial charge on any atom is -0.492 e. The van der Waals surface area contributed by atoms with Crippen LogP contribution in [0.3, 0.4) is 0 Å². The van der Waals surface area contributed by atoms with E-state index in [1.807, 2.05) is 33.2 Å². The molecule has 2 aromatic rings. The Labute approximate surface area is 129 Å². The molecule has 1 aliphatic rings. The van der Waals surface area contributed by atoms with E-state index in [0.717, 1.165) is 5.52 Å². The van der Waals surface area contributed by atoms with Crippen LogP contribution in [0.15, 0.2) is 18.5 Å². The van der Waals surface area contributed by atoms with Gasteiger partial charge in [0.2, 0.25) is 0 Å². The van der Waals surface area contributed by atoms with Crippen LogP contribution < -0.4 is 10.1 Å². The Kier molecular flexibility index (Phi) is 3.47. The van der Waals surface area contributed by atoms with Crippen molar-refractivity contribution in [3.05, 3.63) is 24.0 Å². The molecular weight excluding hydrogens is 282 g/mol. The molecule has 2 heterocycles. The monoisotopic (exact) mass is 303 g/mol. The van der Waals surface area contributed by atoms with Crippen molar-refractivity contribution in [1.29, 1.82) is 0 Å². The van der Waals surface area contributed by atoms with E-state index in [-0.39, 0.29) is 0 Å². The fraction of sp³-hybridized carbons (Fsp3) is 0.500. The summed E-state index contributed by atoms with van der Waals surface area (Å²) in [5.74, 6) is 1.16. The second-order valence-electron chi connectivity index (χ2n) is 6.56. The Balaban J connectivity index is 1.95. The number of methoxy groups -OCH3 is 1. The van der Waals surface area contributed by atoms with Crippen molar-refractivity contribution in [2.45, 2.75) is 45.1 Å². The molecule has 0 atom stereocenters. The topological polar surface area (TPSA) is 64.9 Å². The van der Waals surface area contributed by atoms with Gasteiger partial charge in [0, 0.05) is 11.8 Å². The standard InChI is InChI=1S/C16H21N3O3/c1-16(2,3)22-15(20)18-12-7-8-19-13(14(12)21-4)11(9-17-19)10-5-6-10/h7-10H,5-6H2,1-4H3,(H,18,20). The van der Waals surface area contributed by atoms with Gasteiger partial charge in [0.15, 0.2) is 5.75 Å². The van der Waals surface area contributed by atoms with Crippen molar-refractivity contribution < 1.29 is 14.3 Å². The van der Waals surface area contributed by atoms with Gasteiger partial charge in [-0.2, -0.15) is 5.10 Å². The van der Waals surface area contributed by atoms with Crippen molar-refractivity contribution in [3.8, 4) is 5.75 Å². The van der Waals surface area contributed by atoms with Crippen LogP contribution in [0.5, 0.6) is 5.75 Å². The number of aromatic nitrogens is 2. The molecule has 1 amide bonds. The van der Waals surface area contributed by atoms with Gasteiger partial charge in [0.25, 0.3) is 0 Å². The van der Waals surface area contributed by atoms with Crippen LogP contribution in [0.4, 0.5) is 10.5 Å². The summed E-state index contributed by atoms with van der Waals surface area (Å²) in [5, 5.41) is 7.12. The minimum atomic E-state index is -0.544. The number of hydrogen-bond acceptors (Lipinski definition) is 4. The van der Waals surface area contributed by atoms with Gasteiger partial charge in [-0.25, -0.2) is 9.31 Å². The van der Waals surface area contributed by atoms with Crippen LogP contribution in [-0.2, 0) is 4.74 Å². The summed E-state index contributed by atoms with van der Waals surface area (Å²) in [4.78, 5) is 12.0. The first-order valence-corrected chi connectivity index (χ1v) is 7.43. The number of anilines is 1. The summed E-state index contributed by atoms with van der Waals surface area (Å²) >= 11 is 0. The smallest absolute Gasteiger partial charge is 0.412 e. The van der Waals surface area contributed by atoms with Gasteiger partial charge in [-0.3, -0.25) is 5.32 Å². The summed E-state index contributed by atoms with van der Waals surface area (Å²) in [6.45, 7) is 5.49. The van der Waals surface area contributed by atoms with E-state index in [4.69, 9.17) is 9.47 Å². The summed E-state index contributed by atoms with van der Waals surface area (Å²) in [5.41, 5.74) is 2.13. The van der Waals surface area contributed by atoms with Gasteiger partial charge in [-0.05, 0) is 45.6 Å².